The average Bonchev–Trinajstić information content (AvgIpc) is 2.49. The van der Waals surface area contributed by atoms with Crippen molar-refractivity contribution in [3.63, 3.8) is 0 Å². The first-order valence-electron chi connectivity index (χ1n) is 7.64. The van der Waals surface area contributed by atoms with Crippen LogP contribution in [0.3, 0.4) is 0 Å². The lowest BCUT2D eigenvalue weighted by atomic mass is 10.0. The van der Waals surface area contributed by atoms with Crippen LogP contribution in [-0.4, -0.2) is 42.0 Å². The lowest BCUT2D eigenvalue weighted by molar-refractivity contribution is -0.125. The fourth-order valence-electron chi connectivity index (χ4n) is 2.78. The minimum Gasteiger partial charge on any atom is -0.382 e. The van der Waals surface area contributed by atoms with Gasteiger partial charge in [0.05, 0.1) is 6.04 Å². The molecule has 6 nitrogen and oxygen atoms in total. The molecule has 1 aromatic rings. The van der Waals surface area contributed by atoms with Gasteiger partial charge in [-0.2, -0.15) is 0 Å². The maximum absolute atomic E-state index is 11.8. The van der Waals surface area contributed by atoms with E-state index in [-0.39, 0.29) is 11.9 Å². The molecule has 0 aromatic heterocycles. The number of anilines is 1. The topological polar surface area (TPSA) is 87.5 Å². The fraction of sp³-hybridized carbons (Fsp3) is 0.500. The molecule has 1 fully saturated rings. The number of likely N-dealkylation sites (tertiary alicyclic amines) is 1. The first kappa shape index (κ1) is 16.3. The number of carbonyl (C=O) groups is 2. The summed E-state index contributed by atoms with van der Waals surface area (Å²) in [6.45, 7) is 5.52. The summed E-state index contributed by atoms with van der Waals surface area (Å²) in [5.74, 6) is -0.335. The third-order valence-electron chi connectivity index (χ3n) is 4.21. The van der Waals surface area contributed by atoms with Crippen LogP contribution in [0.2, 0.25) is 0 Å². The van der Waals surface area contributed by atoms with Crippen molar-refractivity contribution in [3.05, 3.63) is 29.8 Å². The van der Waals surface area contributed by atoms with Crippen LogP contribution in [0.1, 0.15) is 25.3 Å². The molecule has 1 aliphatic heterocycles. The summed E-state index contributed by atoms with van der Waals surface area (Å²) in [6, 6.07) is 7.50. The lowest BCUT2D eigenvalue weighted by Gasteiger charge is -2.36. The Kier molecular flexibility index (Phi) is 5.38. The molecule has 0 bridgehead atoms. The summed E-state index contributed by atoms with van der Waals surface area (Å²) in [5.41, 5.74) is 7.39. The van der Waals surface area contributed by atoms with Gasteiger partial charge < -0.3 is 11.1 Å². The number of nitrogens with two attached hydrogens (primary N) is 1. The van der Waals surface area contributed by atoms with Crippen LogP contribution in [0.4, 0.5) is 10.5 Å². The number of nitrogens with zero attached hydrogens (tertiary/aromatic N) is 1. The average molecular weight is 304 g/mol. The maximum atomic E-state index is 11.8. The highest BCUT2D eigenvalue weighted by Gasteiger charge is 2.27. The van der Waals surface area contributed by atoms with Gasteiger partial charge in [0.25, 0.3) is 0 Å². The number of hydrogen-bond acceptors (Lipinski definition) is 4. The van der Waals surface area contributed by atoms with Crippen LogP contribution in [0.5, 0.6) is 0 Å². The highest BCUT2D eigenvalue weighted by atomic mass is 16.2. The molecule has 0 aliphatic carbocycles. The monoisotopic (exact) mass is 304 g/mol. The summed E-state index contributed by atoms with van der Waals surface area (Å²) >= 11 is 0. The number of urea groups is 1. The summed E-state index contributed by atoms with van der Waals surface area (Å²) < 4.78 is 0. The van der Waals surface area contributed by atoms with Crippen molar-refractivity contribution in [2.75, 3.05) is 18.4 Å². The van der Waals surface area contributed by atoms with Gasteiger partial charge in [0.2, 0.25) is 5.91 Å². The van der Waals surface area contributed by atoms with E-state index in [1.165, 1.54) is 11.3 Å². The zero-order chi connectivity index (χ0) is 16.1. The highest BCUT2D eigenvalue weighted by Crippen LogP contribution is 2.20. The van der Waals surface area contributed by atoms with E-state index < -0.39 is 6.03 Å². The third kappa shape index (κ3) is 4.21. The van der Waals surface area contributed by atoms with Crippen molar-refractivity contribution in [3.8, 4) is 0 Å². The Balaban J connectivity index is 1.84. The largest absolute Gasteiger partial charge is 0.382 e. The number of hydrogen-bond donors (Lipinski definition) is 3. The number of amides is 3. The van der Waals surface area contributed by atoms with Crippen LogP contribution < -0.4 is 16.4 Å². The molecule has 1 aliphatic rings. The van der Waals surface area contributed by atoms with E-state index in [1.54, 1.807) is 6.92 Å². The van der Waals surface area contributed by atoms with Gasteiger partial charge in [0.1, 0.15) is 0 Å². The van der Waals surface area contributed by atoms with Crippen molar-refractivity contribution in [2.45, 2.75) is 38.8 Å². The molecule has 6 heteroatoms. The van der Waals surface area contributed by atoms with Crippen LogP contribution >= 0.6 is 0 Å². The molecule has 1 aromatic carbocycles. The first-order valence-corrected chi connectivity index (χ1v) is 7.64. The van der Waals surface area contributed by atoms with Crippen LogP contribution in [0, 0.1) is 6.92 Å². The molecule has 120 valence electrons. The number of aryl methyl sites for hydroxylation is 1. The van der Waals surface area contributed by atoms with Crippen molar-refractivity contribution >= 4 is 17.6 Å². The predicted molar refractivity (Wildman–Crippen MR) is 86.6 cm³/mol. The summed E-state index contributed by atoms with van der Waals surface area (Å²) in [6.07, 6.45) is 1.92. The molecule has 0 unspecified atom stereocenters. The fourth-order valence-corrected chi connectivity index (χ4v) is 2.78. The normalized spacial score (nSPS) is 17.7. The van der Waals surface area contributed by atoms with Gasteiger partial charge in [-0.1, -0.05) is 18.2 Å². The molecule has 1 heterocycles. The minimum atomic E-state index is -0.798. The Labute approximate surface area is 131 Å². The second-order valence-electron chi connectivity index (χ2n) is 5.80. The summed E-state index contributed by atoms with van der Waals surface area (Å²) in [4.78, 5) is 24.6. The molecule has 3 amide bonds. The molecular formula is C16H24N4O2. The third-order valence-corrected chi connectivity index (χ3v) is 4.21. The van der Waals surface area contributed by atoms with Crippen LogP contribution in [0.25, 0.3) is 0 Å². The molecule has 0 spiro atoms. The Morgan fingerprint density at radius 2 is 1.91 bits per heavy atom. The van der Waals surface area contributed by atoms with E-state index in [4.69, 9.17) is 5.73 Å². The number of primary amides is 1. The lowest BCUT2D eigenvalue weighted by Crippen LogP contribution is -2.51. The van der Waals surface area contributed by atoms with Gasteiger partial charge in [0.15, 0.2) is 0 Å². The number of nitrogens with one attached hydrogen (secondary N) is 2. The molecule has 1 saturated heterocycles. The molecule has 0 radical (unpaired) electrons. The molecule has 0 saturated carbocycles. The Morgan fingerprint density at radius 3 is 2.50 bits per heavy atom. The Bertz CT molecular complexity index is 539. The Hall–Kier alpha value is -2.08. The van der Waals surface area contributed by atoms with Crippen molar-refractivity contribution < 1.29 is 9.59 Å². The van der Waals surface area contributed by atoms with Crippen LogP contribution in [0.15, 0.2) is 24.3 Å². The molecule has 2 rings (SSSR count). The van der Waals surface area contributed by atoms with Crippen LogP contribution in [-0.2, 0) is 4.79 Å². The second-order valence-corrected chi connectivity index (χ2v) is 5.80. The molecule has 4 N–H and O–H groups in total. The predicted octanol–water partition coefficient (Wildman–Crippen LogP) is 1.45. The van der Waals surface area contributed by atoms with E-state index in [0.29, 0.717) is 6.04 Å². The van der Waals surface area contributed by atoms with E-state index >= 15 is 0 Å². The highest BCUT2D eigenvalue weighted by molar-refractivity contribution is 5.96. The van der Waals surface area contributed by atoms with Crippen molar-refractivity contribution in [2.24, 2.45) is 5.73 Å². The molecular weight excluding hydrogens is 280 g/mol. The van der Waals surface area contributed by atoms with Gasteiger partial charge in [-0.3, -0.25) is 15.0 Å². The number of piperidine rings is 1. The van der Waals surface area contributed by atoms with E-state index in [9.17, 15) is 9.59 Å². The molecule has 1 atom stereocenters. The zero-order valence-corrected chi connectivity index (χ0v) is 13.1. The first-order chi connectivity index (χ1) is 10.5. The number of para-hydroxylation sites is 1. The zero-order valence-electron chi connectivity index (χ0n) is 13.1. The molecule has 22 heavy (non-hydrogen) atoms. The number of benzene rings is 1. The van der Waals surface area contributed by atoms with Gasteiger partial charge in [-0.05, 0) is 38.3 Å². The summed E-state index contributed by atoms with van der Waals surface area (Å²) in [7, 11) is 0. The SMILES string of the molecule is Cc1ccccc1NC1CCN([C@@H](C)C(=O)NC(N)=O)CC1. The Morgan fingerprint density at radius 1 is 1.27 bits per heavy atom. The van der Waals surface area contributed by atoms with Crippen molar-refractivity contribution in [1.82, 2.24) is 10.2 Å². The number of rotatable bonds is 4. The minimum absolute atomic E-state index is 0.335. The van der Waals surface area contributed by atoms with E-state index in [2.05, 4.69) is 34.6 Å². The van der Waals surface area contributed by atoms with Gasteiger partial charge >= 0.3 is 6.03 Å². The number of imide groups is 1. The van der Waals surface area contributed by atoms with Gasteiger partial charge in [0, 0.05) is 24.8 Å². The quantitative estimate of drug-likeness (QED) is 0.786. The summed E-state index contributed by atoms with van der Waals surface area (Å²) in [5, 5.41) is 5.71. The number of carbonyl (C=O) groups excluding carboxylic acids is 2. The second kappa shape index (κ2) is 7.26. The standard InChI is InChI=1S/C16H24N4O2/c1-11-5-3-4-6-14(11)18-13-7-9-20(10-8-13)12(2)15(21)19-16(17)22/h3-6,12-13,18H,7-10H2,1-2H3,(H3,17,19,21,22)/t12-/m0/s1. The maximum Gasteiger partial charge on any atom is 0.318 e. The van der Waals surface area contributed by atoms with E-state index in [1.807, 2.05) is 12.1 Å². The smallest absolute Gasteiger partial charge is 0.318 e. The van der Waals surface area contributed by atoms with Crippen molar-refractivity contribution in [1.29, 1.82) is 0 Å². The van der Waals surface area contributed by atoms with Gasteiger partial charge in [-0.25, -0.2) is 4.79 Å². The van der Waals surface area contributed by atoms with Gasteiger partial charge in [-0.15, -0.1) is 0 Å². The van der Waals surface area contributed by atoms with E-state index in [0.717, 1.165) is 25.9 Å².